The summed E-state index contributed by atoms with van der Waals surface area (Å²) in [6.07, 6.45) is 1.68. The maximum atomic E-state index is 12.5. The van der Waals surface area contributed by atoms with Gasteiger partial charge in [-0.05, 0) is 51.2 Å². The molecule has 2 aliphatic rings. The summed E-state index contributed by atoms with van der Waals surface area (Å²) in [6, 6.07) is 3.97. The molecule has 10 nitrogen and oxygen atoms in total. The first-order chi connectivity index (χ1) is 14.1. The van der Waals surface area contributed by atoms with Crippen LogP contribution in [0.15, 0.2) is 18.2 Å². The van der Waals surface area contributed by atoms with Gasteiger partial charge in [-0.25, -0.2) is 9.59 Å². The lowest BCUT2D eigenvalue weighted by Crippen LogP contribution is -2.46. The standard InChI is InChI=1S/C20H24N4O6/c1-11-4-7-14(12(2)8-11)21-18(28)22-15(25)10-30-16(26)9-24-17(27)20(3,13-5-6-13)23-19(24)29/h4,7-8,13H,5-6,9-10H2,1-3H3,(H,23,29)(H2,21,22,25,28)/t20-/m1/s1. The third-order valence-electron chi connectivity index (χ3n) is 5.23. The van der Waals surface area contributed by atoms with Crippen LogP contribution in [0.25, 0.3) is 0 Å². The number of esters is 1. The number of anilines is 1. The van der Waals surface area contributed by atoms with Crippen molar-refractivity contribution in [2.45, 2.75) is 39.2 Å². The van der Waals surface area contributed by atoms with Crippen LogP contribution in [0.4, 0.5) is 15.3 Å². The van der Waals surface area contributed by atoms with E-state index in [2.05, 4.69) is 10.6 Å². The van der Waals surface area contributed by atoms with E-state index in [0.29, 0.717) is 5.69 Å². The molecular weight excluding hydrogens is 392 g/mol. The SMILES string of the molecule is Cc1ccc(NC(=O)NC(=O)COC(=O)CN2C(=O)N[C@](C)(C3CC3)C2=O)c(C)c1. The molecule has 0 unspecified atom stereocenters. The third-order valence-corrected chi connectivity index (χ3v) is 5.23. The number of carbonyl (C=O) groups is 5. The highest BCUT2D eigenvalue weighted by molar-refractivity contribution is 6.09. The number of imide groups is 2. The van der Waals surface area contributed by atoms with E-state index in [-0.39, 0.29) is 5.92 Å². The van der Waals surface area contributed by atoms with Crippen molar-refractivity contribution < 1.29 is 28.7 Å². The number of benzene rings is 1. The van der Waals surface area contributed by atoms with Crippen LogP contribution in [-0.2, 0) is 19.1 Å². The molecule has 2 fully saturated rings. The van der Waals surface area contributed by atoms with Crippen LogP contribution < -0.4 is 16.0 Å². The summed E-state index contributed by atoms with van der Waals surface area (Å²) in [7, 11) is 0. The Bertz CT molecular complexity index is 926. The second kappa shape index (κ2) is 8.13. The quantitative estimate of drug-likeness (QED) is 0.472. The number of hydrogen-bond donors (Lipinski definition) is 3. The molecule has 1 heterocycles. The van der Waals surface area contributed by atoms with E-state index in [1.54, 1.807) is 13.0 Å². The third kappa shape index (κ3) is 4.58. The number of ether oxygens (including phenoxy) is 1. The average molecular weight is 416 g/mol. The van der Waals surface area contributed by atoms with Crippen LogP contribution in [0.3, 0.4) is 0 Å². The van der Waals surface area contributed by atoms with Crippen molar-refractivity contribution in [1.29, 1.82) is 0 Å². The number of aryl methyl sites for hydroxylation is 2. The lowest BCUT2D eigenvalue weighted by molar-refractivity contribution is -0.150. The summed E-state index contributed by atoms with van der Waals surface area (Å²) in [5.41, 5.74) is 1.40. The highest BCUT2D eigenvalue weighted by atomic mass is 16.5. The minimum Gasteiger partial charge on any atom is -0.454 e. The van der Waals surface area contributed by atoms with Gasteiger partial charge in [-0.15, -0.1) is 0 Å². The number of carbonyl (C=O) groups excluding carboxylic acids is 5. The zero-order valence-electron chi connectivity index (χ0n) is 17.0. The van der Waals surface area contributed by atoms with Crippen LogP contribution in [0.1, 0.15) is 30.9 Å². The molecule has 10 heteroatoms. The molecule has 3 rings (SSSR count). The molecular formula is C20H24N4O6. The highest BCUT2D eigenvalue weighted by Gasteiger charge is 2.56. The topological polar surface area (TPSA) is 134 Å². The van der Waals surface area contributed by atoms with Gasteiger partial charge >= 0.3 is 18.0 Å². The molecule has 0 aromatic heterocycles. The van der Waals surface area contributed by atoms with Gasteiger partial charge < -0.3 is 15.4 Å². The predicted molar refractivity (Wildman–Crippen MR) is 105 cm³/mol. The Morgan fingerprint density at radius 3 is 2.57 bits per heavy atom. The lowest BCUT2D eigenvalue weighted by Gasteiger charge is -2.20. The number of hydrogen-bond acceptors (Lipinski definition) is 6. The van der Waals surface area contributed by atoms with Crippen molar-refractivity contribution >= 4 is 35.5 Å². The monoisotopic (exact) mass is 416 g/mol. The molecule has 1 atom stereocenters. The fourth-order valence-electron chi connectivity index (χ4n) is 3.39. The fraction of sp³-hybridized carbons (Fsp3) is 0.450. The molecule has 1 aliphatic heterocycles. The van der Waals surface area contributed by atoms with E-state index in [1.165, 1.54) is 0 Å². The van der Waals surface area contributed by atoms with Gasteiger partial charge in [-0.3, -0.25) is 24.6 Å². The van der Waals surface area contributed by atoms with Gasteiger partial charge in [0.15, 0.2) is 6.61 Å². The molecule has 1 aromatic rings. The van der Waals surface area contributed by atoms with E-state index in [1.807, 2.05) is 31.3 Å². The molecule has 0 radical (unpaired) electrons. The summed E-state index contributed by atoms with van der Waals surface area (Å²) in [5.74, 6) is -2.19. The number of rotatable bonds is 6. The Hall–Kier alpha value is -3.43. The molecule has 6 amide bonds. The van der Waals surface area contributed by atoms with Crippen LogP contribution >= 0.6 is 0 Å². The van der Waals surface area contributed by atoms with Crippen molar-refractivity contribution in [3.8, 4) is 0 Å². The molecule has 30 heavy (non-hydrogen) atoms. The van der Waals surface area contributed by atoms with E-state index in [4.69, 9.17) is 4.74 Å². The van der Waals surface area contributed by atoms with Crippen LogP contribution in [0, 0.1) is 19.8 Å². The summed E-state index contributed by atoms with van der Waals surface area (Å²) in [5, 5.41) is 7.20. The van der Waals surface area contributed by atoms with Gasteiger partial charge in [0.2, 0.25) is 0 Å². The molecule has 1 aliphatic carbocycles. The smallest absolute Gasteiger partial charge is 0.326 e. The normalized spacial score (nSPS) is 20.6. The van der Waals surface area contributed by atoms with Crippen molar-refractivity contribution in [2.75, 3.05) is 18.5 Å². The van der Waals surface area contributed by atoms with Gasteiger partial charge in [-0.2, -0.15) is 0 Å². The van der Waals surface area contributed by atoms with E-state index in [0.717, 1.165) is 28.9 Å². The van der Waals surface area contributed by atoms with E-state index >= 15 is 0 Å². The maximum Gasteiger partial charge on any atom is 0.326 e. The minimum atomic E-state index is -0.999. The Morgan fingerprint density at radius 2 is 1.93 bits per heavy atom. The van der Waals surface area contributed by atoms with Gasteiger partial charge in [0, 0.05) is 5.69 Å². The average Bonchev–Trinajstić information content (AvgIpc) is 3.48. The zero-order valence-corrected chi connectivity index (χ0v) is 17.0. The van der Waals surface area contributed by atoms with Crippen LogP contribution in [0.5, 0.6) is 0 Å². The highest BCUT2D eigenvalue weighted by Crippen LogP contribution is 2.42. The second-order valence-corrected chi connectivity index (χ2v) is 7.78. The van der Waals surface area contributed by atoms with E-state index in [9.17, 15) is 24.0 Å². The van der Waals surface area contributed by atoms with E-state index < -0.39 is 48.5 Å². The van der Waals surface area contributed by atoms with Crippen molar-refractivity contribution in [2.24, 2.45) is 5.92 Å². The Kier molecular flexibility index (Phi) is 5.77. The number of urea groups is 2. The first-order valence-electron chi connectivity index (χ1n) is 9.58. The largest absolute Gasteiger partial charge is 0.454 e. The Labute approximate surface area is 173 Å². The first-order valence-corrected chi connectivity index (χ1v) is 9.58. The van der Waals surface area contributed by atoms with Crippen molar-refractivity contribution in [3.63, 3.8) is 0 Å². The van der Waals surface area contributed by atoms with Crippen LogP contribution in [-0.4, -0.2) is 53.4 Å². The fourth-order valence-corrected chi connectivity index (χ4v) is 3.39. The lowest BCUT2D eigenvalue weighted by atomic mass is 9.96. The molecule has 1 aromatic carbocycles. The zero-order chi connectivity index (χ0) is 22.1. The second-order valence-electron chi connectivity index (χ2n) is 7.78. The summed E-state index contributed by atoms with van der Waals surface area (Å²) >= 11 is 0. The summed E-state index contributed by atoms with van der Waals surface area (Å²) < 4.78 is 4.79. The molecule has 3 N–H and O–H groups in total. The van der Waals surface area contributed by atoms with Gasteiger partial charge in [0.05, 0.1) is 0 Å². The molecule has 160 valence electrons. The first kappa shape index (κ1) is 21.3. The Balaban J connectivity index is 1.44. The van der Waals surface area contributed by atoms with Crippen molar-refractivity contribution in [3.05, 3.63) is 29.3 Å². The van der Waals surface area contributed by atoms with Gasteiger partial charge in [-0.1, -0.05) is 17.7 Å². The van der Waals surface area contributed by atoms with Crippen molar-refractivity contribution in [1.82, 2.24) is 15.5 Å². The molecule has 0 spiro atoms. The number of nitrogens with zero attached hydrogens (tertiary/aromatic N) is 1. The van der Waals surface area contributed by atoms with Gasteiger partial charge in [0.25, 0.3) is 11.8 Å². The maximum absolute atomic E-state index is 12.5. The Morgan fingerprint density at radius 1 is 1.23 bits per heavy atom. The molecule has 1 saturated heterocycles. The van der Waals surface area contributed by atoms with Gasteiger partial charge in [0.1, 0.15) is 12.1 Å². The summed E-state index contributed by atoms with van der Waals surface area (Å²) in [4.78, 5) is 61.0. The number of amides is 6. The number of nitrogens with one attached hydrogen (secondary N) is 3. The minimum absolute atomic E-state index is 0.0661. The summed E-state index contributed by atoms with van der Waals surface area (Å²) in [6.45, 7) is 4.05. The van der Waals surface area contributed by atoms with Crippen LogP contribution in [0.2, 0.25) is 0 Å². The predicted octanol–water partition coefficient (Wildman–Crippen LogP) is 1.22. The molecule has 0 bridgehead atoms. The molecule has 1 saturated carbocycles.